The molecule has 0 heterocycles. The van der Waals surface area contributed by atoms with Crippen LogP contribution in [-0.2, 0) is 22.6 Å². The van der Waals surface area contributed by atoms with Gasteiger partial charge >= 0.3 is 18.2 Å². The van der Waals surface area contributed by atoms with Crippen molar-refractivity contribution in [1.29, 1.82) is 0 Å². The first-order chi connectivity index (χ1) is 21.0. The third kappa shape index (κ3) is 11.7. The van der Waals surface area contributed by atoms with Crippen LogP contribution in [0.15, 0.2) is 66.7 Å². The lowest BCUT2D eigenvalue weighted by atomic mass is 10.1. The van der Waals surface area contributed by atoms with Crippen LogP contribution in [0, 0.1) is 0 Å². The molecule has 3 aromatic rings. The molecule has 0 saturated heterocycles. The van der Waals surface area contributed by atoms with Crippen LogP contribution in [0.2, 0.25) is 0 Å². The van der Waals surface area contributed by atoms with Crippen molar-refractivity contribution in [2.24, 2.45) is 0 Å². The number of carboxylic acids is 1. The molecule has 238 valence electrons. The number of hydrogen-bond acceptors (Lipinski definition) is 7. The lowest BCUT2D eigenvalue weighted by Crippen LogP contribution is -2.32. The Morgan fingerprint density at radius 3 is 1.24 bits per heavy atom. The molecule has 0 fully saturated rings. The Bertz CT molecular complexity index is 1450. The Hall–Kier alpha value is -5.39. The third-order valence-corrected chi connectivity index (χ3v) is 5.80. The van der Waals surface area contributed by atoms with Crippen molar-refractivity contribution in [3.63, 3.8) is 0 Å². The van der Waals surface area contributed by atoms with Crippen LogP contribution in [-0.4, -0.2) is 46.3 Å². The number of rotatable bonds is 9. The summed E-state index contributed by atoms with van der Waals surface area (Å²) in [6, 6.07) is 17.0. The maximum absolute atomic E-state index is 12.9. The van der Waals surface area contributed by atoms with E-state index in [1.165, 1.54) is 18.2 Å². The highest BCUT2D eigenvalue weighted by Crippen LogP contribution is 2.21. The summed E-state index contributed by atoms with van der Waals surface area (Å²) in [6.07, 6.45) is -1.12. The van der Waals surface area contributed by atoms with E-state index in [1.54, 1.807) is 90.1 Å². The molecule has 0 unspecified atom stereocenters. The maximum atomic E-state index is 12.9. The Kier molecular flexibility index (Phi) is 10.9. The SMILES string of the molecule is CC(C)(C)OC(=O)NCc1ccc(C(=O)Nc2cc(NC(=O)c3ccc(CNC(=O)OC(C)(C)C)cc3)cc(C(=O)O)c2)cc1. The predicted octanol–water partition coefficient (Wildman–Crippen LogP) is 5.94. The predicted molar refractivity (Wildman–Crippen MR) is 168 cm³/mol. The number of carbonyl (C=O) groups excluding carboxylic acids is 4. The molecule has 12 nitrogen and oxygen atoms in total. The molecular weight excluding hydrogens is 580 g/mol. The molecule has 45 heavy (non-hydrogen) atoms. The highest BCUT2D eigenvalue weighted by molar-refractivity contribution is 6.07. The lowest BCUT2D eigenvalue weighted by Gasteiger charge is -2.19. The van der Waals surface area contributed by atoms with Gasteiger partial charge in [-0.25, -0.2) is 14.4 Å². The fourth-order valence-electron chi connectivity index (χ4n) is 3.83. The van der Waals surface area contributed by atoms with Gasteiger partial charge in [-0.05, 0) is 95.1 Å². The van der Waals surface area contributed by atoms with E-state index in [0.29, 0.717) is 11.1 Å². The van der Waals surface area contributed by atoms with Crippen molar-refractivity contribution in [2.75, 3.05) is 10.6 Å². The minimum atomic E-state index is -1.25. The average molecular weight is 619 g/mol. The summed E-state index contributed by atoms with van der Waals surface area (Å²) < 4.78 is 10.4. The molecule has 5 N–H and O–H groups in total. The number of carboxylic acid groups (broad SMARTS) is 1. The average Bonchev–Trinajstić information content (AvgIpc) is 2.93. The number of carbonyl (C=O) groups is 5. The summed E-state index contributed by atoms with van der Waals surface area (Å²) in [5, 5.41) is 20.2. The molecule has 0 aliphatic heterocycles. The van der Waals surface area contributed by atoms with E-state index >= 15 is 0 Å². The van der Waals surface area contributed by atoms with Gasteiger partial charge < -0.3 is 35.8 Å². The van der Waals surface area contributed by atoms with E-state index in [1.807, 2.05) is 0 Å². The monoisotopic (exact) mass is 618 g/mol. The molecule has 3 rings (SSSR count). The van der Waals surface area contributed by atoms with Crippen molar-refractivity contribution >= 4 is 41.3 Å². The first kappa shape index (κ1) is 34.1. The number of hydrogen-bond donors (Lipinski definition) is 5. The van der Waals surface area contributed by atoms with E-state index in [-0.39, 0.29) is 30.0 Å². The van der Waals surface area contributed by atoms with Gasteiger partial charge in [0.15, 0.2) is 0 Å². The fourth-order valence-corrected chi connectivity index (χ4v) is 3.83. The van der Waals surface area contributed by atoms with Gasteiger partial charge in [-0.2, -0.15) is 0 Å². The number of anilines is 2. The first-order valence-corrected chi connectivity index (χ1v) is 14.1. The Morgan fingerprint density at radius 2 is 0.933 bits per heavy atom. The number of amides is 4. The Morgan fingerprint density at radius 1 is 0.578 bits per heavy atom. The summed E-state index contributed by atoms with van der Waals surface area (Å²) in [7, 11) is 0. The van der Waals surface area contributed by atoms with E-state index in [9.17, 15) is 29.1 Å². The molecule has 0 radical (unpaired) electrons. The molecule has 0 aliphatic carbocycles. The van der Waals surface area contributed by atoms with Crippen molar-refractivity contribution in [2.45, 2.75) is 65.8 Å². The van der Waals surface area contributed by atoms with Crippen LogP contribution in [0.25, 0.3) is 0 Å². The van der Waals surface area contributed by atoms with Crippen molar-refractivity contribution in [3.05, 3.63) is 94.5 Å². The second-order valence-corrected chi connectivity index (χ2v) is 12.1. The number of alkyl carbamates (subject to hydrolysis) is 2. The van der Waals surface area contributed by atoms with E-state index < -0.39 is 41.2 Å². The van der Waals surface area contributed by atoms with Gasteiger partial charge in [-0.1, -0.05) is 24.3 Å². The largest absolute Gasteiger partial charge is 0.478 e. The van der Waals surface area contributed by atoms with Gasteiger partial charge in [0.05, 0.1) is 5.56 Å². The van der Waals surface area contributed by atoms with Gasteiger partial charge in [-0.3, -0.25) is 9.59 Å². The molecule has 0 bridgehead atoms. The van der Waals surface area contributed by atoms with Crippen molar-refractivity contribution < 1.29 is 38.6 Å². The molecule has 0 spiro atoms. The van der Waals surface area contributed by atoms with E-state index in [4.69, 9.17) is 9.47 Å². The van der Waals surface area contributed by atoms with E-state index in [2.05, 4.69) is 21.3 Å². The van der Waals surface area contributed by atoms with E-state index in [0.717, 1.165) is 11.1 Å². The minimum absolute atomic E-state index is 0.143. The molecule has 0 aromatic heterocycles. The van der Waals surface area contributed by atoms with Gasteiger partial charge in [-0.15, -0.1) is 0 Å². The third-order valence-electron chi connectivity index (χ3n) is 5.80. The number of ether oxygens (including phenoxy) is 2. The standard InChI is InChI=1S/C33H38N4O8/c1-32(2,3)44-30(42)34-18-20-7-11-22(12-8-20)27(38)36-25-15-24(29(40)41)16-26(17-25)37-28(39)23-13-9-21(10-14-23)19-35-31(43)45-33(4,5)6/h7-17H,18-19H2,1-6H3,(H,34,42)(H,35,43)(H,36,38)(H,37,39)(H,40,41). The van der Waals surface area contributed by atoms with Crippen LogP contribution in [0.4, 0.5) is 21.0 Å². The summed E-state index contributed by atoms with van der Waals surface area (Å²) in [6.45, 7) is 11.0. The number of benzene rings is 3. The summed E-state index contributed by atoms with van der Waals surface area (Å²) in [4.78, 5) is 61.3. The fraction of sp³-hybridized carbons (Fsp3) is 0.303. The van der Waals surface area contributed by atoms with Crippen LogP contribution in [0.5, 0.6) is 0 Å². The van der Waals surface area contributed by atoms with Gasteiger partial charge in [0.1, 0.15) is 11.2 Å². The summed E-state index contributed by atoms with van der Waals surface area (Å²) >= 11 is 0. The minimum Gasteiger partial charge on any atom is -0.478 e. The molecule has 12 heteroatoms. The molecular formula is C33H38N4O8. The second kappa shape index (κ2) is 14.4. The molecule has 0 atom stereocenters. The van der Waals surface area contributed by atoms with Crippen molar-refractivity contribution in [1.82, 2.24) is 10.6 Å². The smallest absolute Gasteiger partial charge is 0.407 e. The number of nitrogens with one attached hydrogen (secondary N) is 4. The van der Waals surface area contributed by atoms with Crippen LogP contribution in [0.3, 0.4) is 0 Å². The Balaban J connectivity index is 1.63. The van der Waals surface area contributed by atoms with Gasteiger partial charge in [0.25, 0.3) is 11.8 Å². The quantitative estimate of drug-likeness (QED) is 0.196. The maximum Gasteiger partial charge on any atom is 0.407 e. The zero-order valence-corrected chi connectivity index (χ0v) is 26.1. The molecule has 3 aromatic carbocycles. The Labute approximate surface area is 261 Å². The summed E-state index contributed by atoms with van der Waals surface area (Å²) in [5.41, 5.74) is 1.00. The van der Waals surface area contributed by atoms with Crippen LogP contribution in [0.1, 0.15) is 83.7 Å². The molecule has 0 saturated carbocycles. The zero-order chi connectivity index (χ0) is 33.4. The second-order valence-electron chi connectivity index (χ2n) is 12.1. The first-order valence-electron chi connectivity index (χ1n) is 14.1. The van der Waals surface area contributed by atoms with Gasteiger partial charge in [0, 0.05) is 35.6 Å². The van der Waals surface area contributed by atoms with Crippen LogP contribution >= 0.6 is 0 Å². The molecule has 0 aliphatic rings. The number of aromatic carboxylic acids is 1. The zero-order valence-electron chi connectivity index (χ0n) is 26.1. The van der Waals surface area contributed by atoms with Crippen molar-refractivity contribution in [3.8, 4) is 0 Å². The highest BCUT2D eigenvalue weighted by atomic mass is 16.6. The van der Waals surface area contributed by atoms with Crippen LogP contribution < -0.4 is 21.3 Å². The normalized spacial score (nSPS) is 11.2. The molecule has 4 amide bonds. The topological polar surface area (TPSA) is 172 Å². The van der Waals surface area contributed by atoms with Gasteiger partial charge in [0.2, 0.25) is 0 Å². The highest BCUT2D eigenvalue weighted by Gasteiger charge is 2.17. The lowest BCUT2D eigenvalue weighted by molar-refractivity contribution is 0.0512. The summed E-state index contributed by atoms with van der Waals surface area (Å²) in [5.74, 6) is -2.25.